The van der Waals surface area contributed by atoms with Crippen LogP contribution in [0.2, 0.25) is 0 Å². The largest absolute Gasteiger partial charge is 0.352 e. The van der Waals surface area contributed by atoms with Crippen LogP contribution in [0.4, 0.5) is 0 Å². The SMILES string of the molecule is CCCC(=O)N(Cc1cccc(Br)c1)C(Cc1ccccc1)C(=O)NC(C)C. The van der Waals surface area contributed by atoms with Crippen molar-refractivity contribution in [2.45, 2.75) is 58.7 Å². The minimum Gasteiger partial charge on any atom is -0.352 e. The molecule has 1 N–H and O–H groups in total. The Morgan fingerprint density at radius 2 is 1.71 bits per heavy atom. The van der Waals surface area contributed by atoms with E-state index in [0.717, 1.165) is 22.0 Å². The zero-order valence-corrected chi connectivity index (χ0v) is 18.4. The van der Waals surface area contributed by atoms with Gasteiger partial charge in [0.1, 0.15) is 6.04 Å². The van der Waals surface area contributed by atoms with E-state index in [-0.39, 0.29) is 17.9 Å². The van der Waals surface area contributed by atoms with Gasteiger partial charge in [0.2, 0.25) is 11.8 Å². The third-order valence-electron chi connectivity index (χ3n) is 4.41. The molecule has 0 aromatic heterocycles. The van der Waals surface area contributed by atoms with Crippen molar-refractivity contribution in [3.63, 3.8) is 0 Å². The standard InChI is InChI=1S/C23H29BrN2O2/c1-4-9-22(27)26(16-19-12-8-13-20(24)14-19)21(23(28)25-17(2)3)15-18-10-6-5-7-11-18/h5-8,10-14,17,21H,4,9,15-16H2,1-3H3,(H,25,28). The highest BCUT2D eigenvalue weighted by Crippen LogP contribution is 2.19. The smallest absolute Gasteiger partial charge is 0.243 e. The molecule has 4 nitrogen and oxygen atoms in total. The maximum atomic E-state index is 13.1. The molecule has 2 aromatic rings. The molecule has 150 valence electrons. The Morgan fingerprint density at radius 3 is 2.32 bits per heavy atom. The topological polar surface area (TPSA) is 49.4 Å². The van der Waals surface area contributed by atoms with Crippen LogP contribution in [0.1, 0.15) is 44.7 Å². The Balaban J connectivity index is 2.37. The molecular formula is C23H29BrN2O2. The molecule has 0 bridgehead atoms. The van der Waals surface area contributed by atoms with Crippen molar-refractivity contribution < 1.29 is 9.59 Å². The van der Waals surface area contributed by atoms with Crippen LogP contribution in [-0.4, -0.2) is 28.8 Å². The lowest BCUT2D eigenvalue weighted by Crippen LogP contribution is -2.51. The predicted octanol–water partition coefficient (Wildman–Crippen LogP) is 4.71. The van der Waals surface area contributed by atoms with Gasteiger partial charge in [-0.05, 0) is 43.5 Å². The van der Waals surface area contributed by atoms with E-state index in [2.05, 4.69) is 21.2 Å². The summed E-state index contributed by atoms with van der Waals surface area (Å²) < 4.78 is 0.958. The molecule has 0 saturated heterocycles. The third kappa shape index (κ3) is 6.79. The number of carbonyl (C=O) groups excluding carboxylic acids is 2. The first-order chi connectivity index (χ1) is 13.4. The number of nitrogens with one attached hydrogen (secondary N) is 1. The first kappa shape index (κ1) is 22.2. The van der Waals surface area contributed by atoms with Gasteiger partial charge in [-0.1, -0.05) is 65.3 Å². The molecule has 5 heteroatoms. The number of nitrogens with zero attached hydrogens (tertiary/aromatic N) is 1. The molecule has 2 amide bonds. The number of carbonyl (C=O) groups is 2. The summed E-state index contributed by atoms with van der Waals surface area (Å²) in [5, 5.41) is 3.00. The fourth-order valence-electron chi connectivity index (χ4n) is 3.12. The lowest BCUT2D eigenvalue weighted by molar-refractivity contribution is -0.141. The molecule has 2 rings (SSSR count). The fraction of sp³-hybridized carbons (Fsp3) is 0.391. The van der Waals surface area contributed by atoms with Crippen LogP contribution >= 0.6 is 15.9 Å². The molecule has 28 heavy (non-hydrogen) atoms. The maximum absolute atomic E-state index is 13.1. The lowest BCUT2D eigenvalue weighted by Gasteiger charge is -2.32. The van der Waals surface area contributed by atoms with Gasteiger partial charge in [0.15, 0.2) is 0 Å². The first-order valence-electron chi connectivity index (χ1n) is 9.79. The van der Waals surface area contributed by atoms with Gasteiger partial charge in [-0.3, -0.25) is 9.59 Å². The average Bonchev–Trinajstić information content (AvgIpc) is 2.65. The van der Waals surface area contributed by atoms with Crippen molar-refractivity contribution >= 4 is 27.7 Å². The van der Waals surface area contributed by atoms with E-state index in [4.69, 9.17) is 0 Å². The molecule has 0 saturated carbocycles. The number of hydrogen-bond acceptors (Lipinski definition) is 2. The second-order valence-electron chi connectivity index (χ2n) is 7.27. The van der Waals surface area contributed by atoms with Crippen molar-refractivity contribution in [1.82, 2.24) is 10.2 Å². The second-order valence-corrected chi connectivity index (χ2v) is 8.19. The van der Waals surface area contributed by atoms with E-state index in [9.17, 15) is 9.59 Å². The van der Waals surface area contributed by atoms with Crippen LogP contribution in [-0.2, 0) is 22.6 Å². The normalized spacial score (nSPS) is 11.9. The highest BCUT2D eigenvalue weighted by molar-refractivity contribution is 9.10. The van der Waals surface area contributed by atoms with Gasteiger partial charge in [0.05, 0.1) is 0 Å². The van der Waals surface area contributed by atoms with Crippen molar-refractivity contribution in [1.29, 1.82) is 0 Å². The summed E-state index contributed by atoms with van der Waals surface area (Å²) in [5.74, 6) is -0.111. The van der Waals surface area contributed by atoms with Crippen LogP contribution < -0.4 is 5.32 Å². The van der Waals surface area contributed by atoms with Gasteiger partial charge in [-0.2, -0.15) is 0 Å². The molecule has 0 spiro atoms. The molecule has 0 aliphatic rings. The Kier molecular flexibility index (Phi) is 8.71. The summed E-state index contributed by atoms with van der Waals surface area (Å²) >= 11 is 3.49. The zero-order valence-electron chi connectivity index (χ0n) is 16.8. The molecule has 0 aliphatic heterocycles. The second kappa shape index (κ2) is 11.0. The van der Waals surface area contributed by atoms with Gasteiger partial charge in [-0.15, -0.1) is 0 Å². The number of amides is 2. The first-order valence-corrected chi connectivity index (χ1v) is 10.6. The van der Waals surface area contributed by atoms with Crippen molar-refractivity contribution in [2.24, 2.45) is 0 Å². The lowest BCUT2D eigenvalue weighted by atomic mass is 10.0. The number of benzene rings is 2. The summed E-state index contributed by atoms with van der Waals surface area (Å²) in [6.07, 6.45) is 1.66. The number of hydrogen-bond donors (Lipinski definition) is 1. The Labute approximate surface area is 176 Å². The van der Waals surface area contributed by atoms with E-state index in [1.807, 2.05) is 75.4 Å². The summed E-state index contributed by atoms with van der Waals surface area (Å²) in [6, 6.07) is 17.2. The van der Waals surface area contributed by atoms with E-state index < -0.39 is 6.04 Å². The molecule has 0 aliphatic carbocycles. The molecule has 0 heterocycles. The molecule has 0 fully saturated rings. The third-order valence-corrected chi connectivity index (χ3v) is 4.90. The Hall–Kier alpha value is -2.14. The minimum atomic E-state index is -0.553. The van der Waals surface area contributed by atoms with Crippen LogP contribution in [0.3, 0.4) is 0 Å². The molecule has 1 unspecified atom stereocenters. The van der Waals surface area contributed by atoms with Crippen LogP contribution in [0.5, 0.6) is 0 Å². The fourth-order valence-corrected chi connectivity index (χ4v) is 3.57. The van der Waals surface area contributed by atoms with Crippen molar-refractivity contribution in [3.05, 3.63) is 70.2 Å². The molecule has 0 radical (unpaired) electrons. The van der Waals surface area contributed by atoms with E-state index in [1.54, 1.807) is 4.90 Å². The summed E-state index contributed by atoms with van der Waals surface area (Å²) in [4.78, 5) is 27.8. The Morgan fingerprint density at radius 1 is 1.04 bits per heavy atom. The molecule has 2 aromatic carbocycles. The number of halogens is 1. The van der Waals surface area contributed by atoms with Gasteiger partial charge >= 0.3 is 0 Å². The maximum Gasteiger partial charge on any atom is 0.243 e. The van der Waals surface area contributed by atoms with Crippen LogP contribution in [0, 0.1) is 0 Å². The summed E-state index contributed by atoms with van der Waals surface area (Å²) in [5.41, 5.74) is 2.03. The molecular weight excluding hydrogens is 416 g/mol. The van der Waals surface area contributed by atoms with E-state index >= 15 is 0 Å². The van der Waals surface area contributed by atoms with E-state index in [0.29, 0.717) is 19.4 Å². The predicted molar refractivity (Wildman–Crippen MR) is 117 cm³/mol. The quantitative estimate of drug-likeness (QED) is 0.608. The van der Waals surface area contributed by atoms with E-state index in [1.165, 1.54) is 0 Å². The number of rotatable bonds is 9. The summed E-state index contributed by atoms with van der Waals surface area (Å²) in [6.45, 7) is 6.25. The Bertz CT molecular complexity index is 777. The van der Waals surface area contributed by atoms with Gasteiger partial charge in [0.25, 0.3) is 0 Å². The zero-order chi connectivity index (χ0) is 20.5. The summed E-state index contributed by atoms with van der Waals surface area (Å²) in [7, 11) is 0. The average molecular weight is 445 g/mol. The van der Waals surface area contributed by atoms with Gasteiger partial charge in [0, 0.05) is 29.9 Å². The van der Waals surface area contributed by atoms with Crippen molar-refractivity contribution in [3.8, 4) is 0 Å². The monoisotopic (exact) mass is 444 g/mol. The van der Waals surface area contributed by atoms with Crippen molar-refractivity contribution in [2.75, 3.05) is 0 Å². The van der Waals surface area contributed by atoms with Crippen LogP contribution in [0.25, 0.3) is 0 Å². The minimum absolute atomic E-state index is 0.00214. The van der Waals surface area contributed by atoms with Gasteiger partial charge < -0.3 is 10.2 Å². The van der Waals surface area contributed by atoms with Crippen LogP contribution in [0.15, 0.2) is 59.1 Å². The highest BCUT2D eigenvalue weighted by Gasteiger charge is 2.30. The molecule has 1 atom stereocenters. The highest BCUT2D eigenvalue weighted by atomic mass is 79.9. The van der Waals surface area contributed by atoms with Gasteiger partial charge in [-0.25, -0.2) is 0 Å².